The molecule has 1 amide bonds. The fraction of sp³-hybridized carbons (Fsp3) is 0.0833. The van der Waals surface area contributed by atoms with Crippen LogP contribution in [0.4, 0.5) is 10.1 Å². The molecule has 1 N–H and O–H groups in total. The Morgan fingerprint density at radius 2 is 1.79 bits per heavy atom. The first-order valence-electron chi connectivity index (χ1n) is 10.1. The van der Waals surface area contributed by atoms with Crippen molar-refractivity contribution in [3.8, 4) is 17.1 Å². The summed E-state index contributed by atoms with van der Waals surface area (Å²) in [5, 5.41) is 12.6. The summed E-state index contributed by atoms with van der Waals surface area (Å²) in [5.74, 6) is 0.583. The zero-order valence-corrected chi connectivity index (χ0v) is 18.3. The van der Waals surface area contributed by atoms with Gasteiger partial charge in [0.25, 0.3) is 0 Å². The molecule has 0 bridgehead atoms. The highest BCUT2D eigenvalue weighted by molar-refractivity contribution is 7.99. The number of ether oxygens (including phenoxy) is 1. The van der Waals surface area contributed by atoms with Crippen molar-refractivity contribution >= 4 is 39.9 Å². The van der Waals surface area contributed by atoms with E-state index < -0.39 is 5.82 Å². The third kappa shape index (κ3) is 4.10. The minimum absolute atomic E-state index is 0.0318. The third-order valence-electron chi connectivity index (χ3n) is 5.04. The topological polar surface area (TPSA) is 81.4 Å². The van der Waals surface area contributed by atoms with E-state index in [1.165, 1.54) is 23.9 Å². The first kappa shape index (κ1) is 20.9. The number of anilines is 1. The van der Waals surface area contributed by atoms with E-state index >= 15 is 0 Å². The van der Waals surface area contributed by atoms with Crippen LogP contribution in [0.2, 0.25) is 0 Å². The van der Waals surface area contributed by atoms with E-state index in [-0.39, 0.29) is 17.3 Å². The van der Waals surface area contributed by atoms with Crippen LogP contribution in [0, 0.1) is 5.82 Å². The number of thioether (sulfide) groups is 1. The third-order valence-corrected chi connectivity index (χ3v) is 5.97. The van der Waals surface area contributed by atoms with Crippen LogP contribution in [0.3, 0.4) is 0 Å². The summed E-state index contributed by atoms with van der Waals surface area (Å²) in [7, 11) is 1.61. The number of para-hydroxylation sites is 2. The number of hydrogen-bond acceptors (Lipinski definition) is 6. The summed E-state index contributed by atoms with van der Waals surface area (Å²) in [6.45, 7) is 0. The molecule has 2 aromatic heterocycles. The highest BCUT2D eigenvalue weighted by Crippen LogP contribution is 2.30. The van der Waals surface area contributed by atoms with Crippen molar-refractivity contribution in [2.45, 2.75) is 5.16 Å². The second-order valence-corrected chi connectivity index (χ2v) is 8.08. The second kappa shape index (κ2) is 8.87. The lowest BCUT2D eigenvalue weighted by atomic mass is 10.1. The largest absolute Gasteiger partial charge is 0.497 e. The van der Waals surface area contributed by atoms with Crippen molar-refractivity contribution in [2.24, 2.45) is 0 Å². The van der Waals surface area contributed by atoms with Gasteiger partial charge in [-0.05, 0) is 48.5 Å². The van der Waals surface area contributed by atoms with Gasteiger partial charge in [-0.2, -0.15) is 0 Å². The molecule has 0 aliphatic carbocycles. The Labute approximate surface area is 192 Å². The molecular weight excluding hydrogens is 441 g/mol. The smallest absolute Gasteiger partial charge is 0.234 e. The van der Waals surface area contributed by atoms with Crippen LogP contribution in [0.5, 0.6) is 5.75 Å². The summed E-state index contributed by atoms with van der Waals surface area (Å²) < 4.78 is 21.0. The van der Waals surface area contributed by atoms with E-state index in [0.29, 0.717) is 16.6 Å². The SMILES string of the molecule is COc1ccc(-c2nc3ccccc3c3nnc(SCC(=O)Nc4ccccc4F)n23)cc1. The molecule has 5 rings (SSSR count). The lowest BCUT2D eigenvalue weighted by molar-refractivity contribution is -0.113. The molecule has 0 saturated carbocycles. The number of methoxy groups -OCH3 is 1. The maximum Gasteiger partial charge on any atom is 0.234 e. The van der Waals surface area contributed by atoms with E-state index in [2.05, 4.69) is 15.5 Å². The maximum absolute atomic E-state index is 13.8. The van der Waals surface area contributed by atoms with Gasteiger partial charge in [-0.25, -0.2) is 9.37 Å². The number of fused-ring (bicyclic) bond motifs is 3. The van der Waals surface area contributed by atoms with Crippen LogP contribution in [0.1, 0.15) is 0 Å². The molecule has 0 unspecified atom stereocenters. The first-order valence-corrected chi connectivity index (χ1v) is 11.1. The Morgan fingerprint density at radius 3 is 2.58 bits per heavy atom. The van der Waals surface area contributed by atoms with E-state index in [9.17, 15) is 9.18 Å². The van der Waals surface area contributed by atoms with E-state index in [1.54, 1.807) is 19.2 Å². The van der Waals surface area contributed by atoms with E-state index in [1.807, 2.05) is 52.9 Å². The first-order chi connectivity index (χ1) is 16.1. The Kier molecular flexibility index (Phi) is 5.62. The molecule has 33 heavy (non-hydrogen) atoms. The summed E-state index contributed by atoms with van der Waals surface area (Å²) in [4.78, 5) is 17.3. The van der Waals surface area contributed by atoms with E-state index in [0.717, 1.165) is 22.2 Å². The summed E-state index contributed by atoms with van der Waals surface area (Å²) >= 11 is 1.21. The van der Waals surface area contributed by atoms with Gasteiger partial charge in [-0.1, -0.05) is 36.0 Å². The number of rotatable bonds is 6. The minimum Gasteiger partial charge on any atom is -0.497 e. The highest BCUT2D eigenvalue weighted by Gasteiger charge is 2.18. The number of benzene rings is 3. The second-order valence-electron chi connectivity index (χ2n) is 7.14. The van der Waals surface area contributed by atoms with Gasteiger partial charge in [-0.15, -0.1) is 10.2 Å². The molecule has 5 aromatic rings. The van der Waals surface area contributed by atoms with Crippen LogP contribution < -0.4 is 10.1 Å². The Bertz CT molecular complexity index is 1470. The zero-order valence-electron chi connectivity index (χ0n) is 17.5. The molecule has 0 radical (unpaired) electrons. The monoisotopic (exact) mass is 459 g/mol. The Hall–Kier alpha value is -3.98. The van der Waals surface area contributed by atoms with Gasteiger partial charge < -0.3 is 10.1 Å². The predicted octanol–water partition coefficient (Wildman–Crippen LogP) is 4.82. The van der Waals surface area contributed by atoms with Gasteiger partial charge >= 0.3 is 0 Å². The molecular formula is C24H18FN5O2S. The number of hydrogen-bond donors (Lipinski definition) is 1. The number of halogens is 1. The van der Waals surface area contributed by atoms with Gasteiger partial charge in [0.1, 0.15) is 17.4 Å². The van der Waals surface area contributed by atoms with Crippen molar-refractivity contribution in [2.75, 3.05) is 18.2 Å². The molecule has 164 valence electrons. The lowest BCUT2D eigenvalue weighted by Gasteiger charge is -2.10. The molecule has 7 nitrogen and oxygen atoms in total. The summed E-state index contributed by atoms with van der Waals surface area (Å²) in [5.41, 5.74) is 2.42. The Balaban J connectivity index is 1.52. The van der Waals surface area contributed by atoms with Crippen molar-refractivity contribution in [1.82, 2.24) is 19.6 Å². The summed E-state index contributed by atoms with van der Waals surface area (Å²) in [6, 6.07) is 21.3. The van der Waals surface area contributed by atoms with Crippen molar-refractivity contribution in [3.05, 3.63) is 78.6 Å². The highest BCUT2D eigenvalue weighted by atomic mass is 32.2. The molecule has 0 spiro atoms. The molecule has 9 heteroatoms. The van der Waals surface area contributed by atoms with Crippen LogP contribution >= 0.6 is 11.8 Å². The number of nitrogens with one attached hydrogen (secondary N) is 1. The fourth-order valence-electron chi connectivity index (χ4n) is 3.47. The quantitative estimate of drug-likeness (QED) is 0.367. The van der Waals surface area contributed by atoms with Crippen molar-refractivity contribution in [3.63, 3.8) is 0 Å². The summed E-state index contributed by atoms with van der Waals surface area (Å²) in [6.07, 6.45) is 0. The minimum atomic E-state index is -0.485. The molecule has 0 fully saturated rings. The van der Waals surface area contributed by atoms with Crippen LogP contribution in [0.15, 0.2) is 78.0 Å². The molecule has 3 aromatic carbocycles. The van der Waals surface area contributed by atoms with E-state index in [4.69, 9.17) is 9.72 Å². The van der Waals surface area contributed by atoms with Gasteiger partial charge in [0, 0.05) is 10.9 Å². The van der Waals surface area contributed by atoms with Crippen LogP contribution in [-0.2, 0) is 4.79 Å². The number of nitrogens with zero attached hydrogens (tertiary/aromatic N) is 4. The fourth-order valence-corrected chi connectivity index (χ4v) is 4.20. The number of aromatic nitrogens is 4. The maximum atomic E-state index is 13.8. The standard InChI is InChI=1S/C24H18FN5O2S/c1-32-16-12-10-15(11-13-16)22-27-19-8-4-2-6-17(19)23-28-29-24(30(22)23)33-14-21(31)26-20-9-5-3-7-18(20)25/h2-13H,14H2,1H3,(H,26,31). The average molecular weight is 460 g/mol. The zero-order chi connectivity index (χ0) is 22.8. The number of carbonyl (C=O) groups excluding carboxylic acids is 1. The molecule has 0 atom stereocenters. The number of carbonyl (C=O) groups is 1. The molecule has 0 aliphatic heterocycles. The van der Waals surface area contributed by atoms with Gasteiger partial charge in [0.2, 0.25) is 5.91 Å². The molecule has 2 heterocycles. The van der Waals surface area contributed by atoms with Gasteiger partial charge in [0.05, 0.1) is 24.1 Å². The molecule has 0 aliphatic rings. The van der Waals surface area contributed by atoms with Gasteiger partial charge in [0.15, 0.2) is 10.8 Å². The predicted molar refractivity (Wildman–Crippen MR) is 126 cm³/mol. The van der Waals surface area contributed by atoms with Crippen molar-refractivity contribution in [1.29, 1.82) is 0 Å². The van der Waals surface area contributed by atoms with Crippen LogP contribution in [-0.4, -0.2) is 38.4 Å². The normalized spacial score (nSPS) is 11.1. The molecule has 0 saturated heterocycles. The average Bonchev–Trinajstić information content (AvgIpc) is 3.28. The van der Waals surface area contributed by atoms with Crippen molar-refractivity contribution < 1.29 is 13.9 Å². The lowest BCUT2D eigenvalue weighted by Crippen LogP contribution is -2.15. The Morgan fingerprint density at radius 1 is 1.03 bits per heavy atom. The number of amides is 1. The van der Waals surface area contributed by atoms with Gasteiger partial charge in [-0.3, -0.25) is 9.20 Å². The van der Waals surface area contributed by atoms with Crippen LogP contribution in [0.25, 0.3) is 27.9 Å².